The number of ether oxygens (including phenoxy) is 2. The van der Waals surface area contributed by atoms with Gasteiger partial charge in [0.25, 0.3) is 0 Å². The standard InChI is InChI=1S/C22H30N6O3/c1-15(14-30-2)31-22-25-20(23)19-21(26-22)28(13-18(29)24-19)12-17-7-5-6-16(10-17)11-27-8-3-4-9-27/h5-7,10,15H,3-4,8-9,11-14H2,1-2H3,(H,24,29)(H2,23,25,26)/t15-/m1/s1. The second-order valence-corrected chi connectivity index (χ2v) is 8.18. The normalized spacial score (nSPS) is 17.4. The first-order chi connectivity index (χ1) is 15.0. The summed E-state index contributed by atoms with van der Waals surface area (Å²) >= 11 is 0. The number of fused-ring (bicyclic) bond motifs is 1. The van der Waals surface area contributed by atoms with Gasteiger partial charge in [0.2, 0.25) is 5.91 Å². The van der Waals surface area contributed by atoms with E-state index in [0.29, 0.717) is 24.7 Å². The van der Waals surface area contributed by atoms with Crippen LogP contribution >= 0.6 is 0 Å². The second kappa shape index (κ2) is 9.49. The molecule has 0 spiro atoms. The molecule has 1 atom stereocenters. The monoisotopic (exact) mass is 426 g/mol. The summed E-state index contributed by atoms with van der Waals surface area (Å²) in [5.74, 6) is 0.611. The number of hydrogen-bond acceptors (Lipinski definition) is 8. The van der Waals surface area contributed by atoms with Crippen molar-refractivity contribution < 1.29 is 14.3 Å². The highest BCUT2D eigenvalue weighted by Gasteiger charge is 2.28. The number of methoxy groups -OCH3 is 1. The number of nitrogens with two attached hydrogens (primary N) is 1. The average molecular weight is 427 g/mol. The van der Waals surface area contributed by atoms with E-state index >= 15 is 0 Å². The number of carbonyl (C=O) groups excluding carboxylic acids is 1. The Bertz CT molecular complexity index is 931. The Morgan fingerprint density at radius 3 is 2.68 bits per heavy atom. The van der Waals surface area contributed by atoms with Crippen molar-refractivity contribution in [3.63, 3.8) is 0 Å². The molecular formula is C22H30N6O3. The quantitative estimate of drug-likeness (QED) is 0.661. The number of amides is 1. The zero-order valence-corrected chi connectivity index (χ0v) is 18.1. The Balaban J connectivity index is 1.55. The van der Waals surface area contributed by atoms with Gasteiger partial charge in [0.05, 0.1) is 13.2 Å². The predicted octanol–water partition coefficient (Wildman–Crippen LogP) is 2.03. The molecule has 9 nitrogen and oxygen atoms in total. The molecule has 1 saturated heterocycles. The molecule has 1 aromatic carbocycles. The van der Waals surface area contributed by atoms with E-state index in [1.807, 2.05) is 11.8 Å². The number of anilines is 3. The van der Waals surface area contributed by atoms with Gasteiger partial charge in [-0.1, -0.05) is 24.3 Å². The van der Waals surface area contributed by atoms with Gasteiger partial charge >= 0.3 is 6.01 Å². The molecule has 0 saturated carbocycles. The van der Waals surface area contributed by atoms with Crippen molar-refractivity contribution in [1.82, 2.24) is 14.9 Å². The molecule has 0 bridgehead atoms. The van der Waals surface area contributed by atoms with Crippen LogP contribution in [0.5, 0.6) is 6.01 Å². The Morgan fingerprint density at radius 2 is 1.94 bits per heavy atom. The van der Waals surface area contributed by atoms with Crippen LogP contribution in [0.3, 0.4) is 0 Å². The van der Waals surface area contributed by atoms with Gasteiger partial charge in [-0.25, -0.2) is 0 Å². The Hall–Kier alpha value is -2.91. The Kier molecular flexibility index (Phi) is 6.53. The van der Waals surface area contributed by atoms with Gasteiger partial charge in [-0.2, -0.15) is 9.97 Å². The molecule has 166 valence electrons. The van der Waals surface area contributed by atoms with Crippen molar-refractivity contribution >= 4 is 23.2 Å². The lowest BCUT2D eigenvalue weighted by Crippen LogP contribution is -2.39. The fraction of sp³-hybridized carbons (Fsp3) is 0.500. The minimum absolute atomic E-state index is 0.141. The summed E-state index contributed by atoms with van der Waals surface area (Å²) in [6, 6.07) is 8.67. The highest BCUT2D eigenvalue weighted by molar-refractivity contribution is 6.03. The van der Waals surface area contributed by atoms with Crippen LogP contribution in [0, 0.1) is 0 Å². The van der Waals surface area contributed by atoms with Crippen molar-refractivity contribution in [3.8, 4) is 6.01 Å². The maximum atomic E-state index is 12.3. The van der Waals surface area contributed by atoms with Gasteiger partial charge in [0, 0.05) is 20.2 Å². The number of nitrogens with zero attached hydrogens (tertiary/aromatic N) is 4. The molecule has 9 heteroatoms. The summed E-state index contributed by atoms with van der Waals surface area (Å²) in [6.07, 6.45) is 2.32. The summed E-state index contributed by atoms with van der Waals surface area (Å²) < 4.78 is 10.9. The fourth-order valence-corrected chi connectivity index (χ4v) is 4.10. The highest BCUT2D eigenvalue weighted by Crippen LogP contribution is 2.34. The van der Waals surface area contributed by atoms with Gasteiger partial charge in [-0.05, 0) is 44.0 Å². The summed E-state index contributed by atoms with van der Waals surface area (Å²) in [6.45, 7) is 6.27. The molecule has 31 heavy (non-hydrogen) atoms. The number of likely N-dealkylation sites (tertiary alicyclic amines) is 1. The molecule has 0 aliphatic carbocycles. The number of rotatable bonds is 8. The summed E-state index contributed by atoms with van der Waals surface area (Å²) in [4.78, 5) is 25.4. The summed E-state index contributed by atoms with van der Waals surface area (Å²) in [7, 11) is 1.61. The lowest BCUT2D eigenvalue weighted by Gasteiger charge is -2.30. The first-order valence-corrected chi connectivity index (χ1v) is 10.7. The van der Waals surface area contributed by atoms with Crippen LogP contribution in [0.2, 0.25) is 0 Å². The maximum absolute atomic E-state index is 12.3. The smallest absolute Gasteiger partial charge is 0.320 e. The van der Waals surface area contributed by atoms with E-state index < -0.39 is 0 Å². The first-order valence-electron chi connectivity index (χ1n) is 10.7. The minimum atomic E-state index is -0.226. The SMILES string of the molecule is COC[C@@H](C)Oc1nc(N)c2c(n1)N(Cc1cccc(CN3CCCC3)c1)CC(=O)N2. The molecular weight excluding hydrogens is 396 g/mol. The van der Waals surface area contributed by atoms with Gasteiger partial charge in [0.1, 0.15) is 11.8 Å². The lowest BCUT2D eigenvalue weighted by molar-refractivity contribution is -0.115. The van der Waals surface area contributed by atoms with E-state index in [9.17, 15) is 4.79 Å². The topological polar surface area (TPSA) is 106 Å². The number of benzene rings is 1. The molecule has 3 heterocycles. The van der Waals surface area contributed by atoms with E-state index in [1.165, 1.54) is 18.4 Å². The highest BCUT2D eigenvalue weighted by atomic mass is 16.5. The van der Waals surface area contributed by atoms with Crippen molar-refractivity contribution in [1.29, 1.82) is 0 Å². The molecule has 0 unspecified atom stereocenters. The molecule has 2 aromatic rings. The molecule has 0 radical (unpaired) electrons. The van der Waals surface area contributed by atoms with Crippen LogP contribution in [0.4, 0.5) is 17.3 Å². The third-order valence-electron chi connectivity index (χ3n) is 5.47. The van der Waals surface area contributed by atoms with Crippen LogP contribution in [0.1, 0.15) is 30.9 Å². The van der Waals surface area contributed by atoms with E-state index in [4.69, 9.17) is 15.2 Å². The van der Waals surface area contributed by atoms with Crippen LogP contribution < -0.4 is 20.7 Å². The van der Waals surface area contributed by atoms with E-state index in [2.05, 4.69) is 44.5 Å². The Labute approximate surface area is 182 Å². The fourth-order valence-electron chi connectivity index (χ4n) is 4.10. The Morgan fingerprint density at radius 1 is 1.19 bits per heavy atom. The first kappa shape index (κ1) is 21.3. The zero-order valence-electron chi connectivity index (χ0n) is 18.1. The third-order valence-corrected chi connectivity index (χ3v) is 5.47. The average Bonchev–Trinajstić information content (AvgIpc) is 3.22. The predicted molar refractivity (Wildman–Crippen MR) is 119 cm³/mol. The molecule has 1 amide bonds. The molecule has 2 aliphatic heterocycles. The minimum Gasteiger partial charge on any atom is -0.458 e. The molecule has 4 rings (SSSR count). The van der Waals surface area contributed by atoms with Gasteiger partial charge in [-0.15, -0.1) is 0 Å². The van der Waals surface area contributed by atoms with Gasteiger partial charge in [0.15, 0.2) is 11.6 Å². The maximum Gasteiger partial charge on any atom is 0.320 e. The zero-order chi connectivity index (χ0) is 21.8. The van der Waals surface area contributed by atoms with Crippen molar-refractivity contribution in [2.75, 3.05) is 49.3 Å². The van der Waals surface area contributed by atoms with Crippen LogP contribution in [0.15, 0.2) is 24.3 Å². The van der Waals surface area contributed by atoms with Crippen molar-refractivity contribution in [3.05, 3.63) is 35.4 Å². The molecule has 1 aromatic heterocycles. The molecule has 1 fully saturated rings. The van der Waals surface area contributed by atoms with Crippen LogP contribution in [-0.4, -0.2) is 60.2 Å². The summed E-state index contributed by atoms with van der Waals surface area (Å²) in [5.41, 5.74) is 8.94. The molecule has 2 aliphatic rings. The van der Waals surface area contributed by atoms with E-state index in [1.54, 1.807) is 7.11 Å². The van der Waals surface area contributed by atoms with E-state index in [0.717, 1.165) is 25.2 Å². The van der Waals surface area contributed by atoms with Crippen LogP contribution in [0.25, 0.3) is 0 Å². The largest absolute Gasteiger partial charge is 0.458 e. The van der Waals surface area contributed by atoms with E-state index in [-0.39, 0.29) is 30.4 Å². The van der Waals surface area contributed by atoms with Gasteiger partial charge in [-0.3, -0.25) is 9.69 Å². The number of aromatic nitrogens is 2. The number of carbonyl (C=O) groups is 1. The third kappa shape index (κ3) is 5.23. The number of nitrogens with one attached hydrogen (secondary N) is 1. The number of nitrogen functional groups attached to an aromatic ring is 1. The van der Waals surface area contributed by atoms with Crippen molar-refractivity contribution in [2.24, 2.45) is 0 Å². The molecule has 3 N–H and O–H groups in total. The lowest BCUT2D eigenvalue weighted by atomic mass is 10.1. The summed E-state index contributed by atoms with van der Waals surface area (Å²) in [5, 5.41) is 2.79. The second-order valence-electron chi connectivity index (χ2n) is 8.18. The number of hydrogen-bond donors (Lipinski definition) is 2. The van der Waals surface area contributed by atoms with Crippen molar-refractivity contribution in [2.45, 2.75) is 39.0 Å². The van der Waals surface area contributed by atoms with Gasteiger partial charge < -0.3 is 25.4 Å². The van der Waals surface area contributed by atoms with Crippen LogP contribution in [-0.2, 0) is 22.6 Å².